The van der Waals surface area contributed by atoms with Gasteiger partial charge in [-0.25, -0.2) is 8.78 Å². The van der Waals surface area contributed by atoms with E-state index in [1.165, 1.54) is 6.07 Å². The van der Waals surface area contributed by atoms with Gasteiger partial charge in [-0.15, -0.1) is 0 Å². The lowest BCUT2D eigenvalue weighted by Crippen LogP contribution is -2.30. The van der Waals surface area contributed by atoms with Crippen molar-refractivity contribution in [3.8, 4) is 0 Å². The minimum absolute atomic E-state index is 0.207. The lowest BCUT2D eigenvalue weighted by Gasteiger charge is -2.26. The average Bonchev–Trinajstić information content (AvgIpc) is 2.27. The van der Waals surface area contributed by atoms with Gasteiger partial charge in [-0.2, -0.15) is 0 Å². The van der Waals surface area contributed by atoms with Crippen molar-refractivity contribution >= 4 is 0 Å². The first kappa shape index (κ1) is 16.1. The molecule has 2 atom stereocenters. The SMILES string of the molecule is CC(CC(NN)c1cccc(F)c1F)CC(C)(C)C. The molecule has 0 aliphatic rings. The van der Waals surface area contributed by atoms with Gasteiger partial charge < -0.3 is 0 Å². The molecule has 1 aromatic rings. The molecule has 0 radical (unpaired) electrons. The molecule has 0 heterocycles. The third-order valence-electron chi connectivity index (χ3n) is 3.16. The molecule has 0 aliphatic carbocycles. The second kappa shape index (κ2) is 6.44. The van der Waals surface area contributed by atoms with Crippen molar-refractivity contribution in [2.75, 3.05) is 0 Å². The molecule has 0 amide bonds. The van der Waals surface area contributed by atoms with Crippen molar-refractivity contribution in [1.29, 1.82) is 0 Å². The molecule has 1 rings (SSSR count). The largest absolute Gasteiger partial charge is 0.271 e. The van der Waals surface area contributed by atoms with Crippen molar-refractivity contribution in [2.45, 2.75) is 46.6 Å². The second-order valence-corrected chi connectivity index (χ2v) is 6.47. The van der Waals surface area contributed by atoms with Crippen LogP contribution in [-0.4, -0.2) is 0 Å². The first-order chi connectivity index (χ1) is 8.74. The van der Waals surface area contributed by atoms with Crippen molar-refractivity contribution in [3.63, 3.8) is 0 Å². The van der Waals surface area contributed by atoms with Crippen LogP contribution in [0.5, 0.6) is 0 Å². The molecule has 19 heavy (non-hydrogen) atoms. The number of hydrogen-bond acceptors (Lipinski definition) is 2. The fraction of sp³-hybridized carbons (Fsp3) is 0.600. The Labute approximate surface area is 114 Å². The maximum Gasteiger partial charge on any atom is 0.163 e. The van der Waals surface area contributed by atoms with Crippen LogP contribution in [-0.2, 0) is 0 Å². The minimum atomic E-state index is -0.832. The van der Waals surface area contributed by atoms with Crippen LogP contribution in [0.25, 0.3) is 0 Å². The zero-order chi connectivity index (χ0) is 14.6. The highest BCUT2D eigenvalue weighted by Gasteiger charge is 2.22. The fourth-order valence-electron chi connectivity index (χ4n) is 2.61. The van der Waals surface area contributed by atoms with E-state index < -0.39 is 11.6 Å². The molecule has 2 nitrogen and oxygen atoms in total. The molecule has 3 N–H and O–H groups in total. The zero-order valence-electron chi connectivity index (χ0n) is 12.1. The predicted octanol–water partition coefficient (Wildman–Crippen LogP) is 3.93. The summed E-state index contributed by atoms with van der Waals surface area (Å²) < 4.78 is 27.0. The van der Waals surface area contributed by atoms with Crippen molar-refractivity contribution in [2.24, 2.45) is 17.2 Å². The summed E-state index contributed by atoms with van der Waals surface area (Å²) in [5.41, 5.74) is 3.10. The van der Waals surface area contributed by atoms with Crippen LogP contribution in [0.2, 0.25) is 0 Å². The Hall–Kier alpha value is -1.00. The summed E-state index contributed by atoms with van der Waals surface area (Å²) in [5, 5.41) is 0. The number of hydrazine groups is 1. The summed E-state index contributed by atoms with van der Waals surface area (Å²) in [6, 6.07) is 3.83. The molecule has 0 saturated heterocycles. The molecular formula is C15H24F2N2. The van der Waals surface area contributed by atoms with Crippen LogP contribution in [0.1, 0.15) is 52.1 Å². The van der Waals surface area contributed by atoms with Crippen LogP contribution < -0.4 is 11.3 Å². The molecule has 0 saturated carbocycles. The molecule has 108 valence electrons. The summed E-state index contributed by atoms with van der Waals surface area (Å²) in [4.78, 5) is 0. The van der Waals surface area contributed by atoms with Crippen LogP contribution in [0.4, 0.5) is 8.78 Å². The Morgan fingerprint density at radius 3 is 2.42 bits per heavy atom. The Kier molecular flexibility index (Phi) is 5.44. The number of nitrogens with two attached hydrogens (primary N) is 1. The standard InChI is InChI=1S/C15H24F2N2/c1-10(9-15(2,3)4)8-13(19-18)11-6-5-7-12(16)14(11)17/h5-7,10,13,19H,8-9,18H2,1-4H3. The number of nitrogens with one attached hydrogen (secondary N) is 1. The first-order valence-corrected chi connectivity index (χ1v) is 6.64. The highest BCUT2D eigenvalue weighted by atomic mass is 19.2. The Balaban J connectivity index is 2.81. The molecule has 4 heteroatoms. The quantitative estimate of drug-likeness (QED) is 0.628. The summed E-state index contributed by atoms with van der Waals surface area (Å²) >= 11 is 0. The van der Waals surface area contributed by atoms with E-state index in [9.17, 15) is 8.78 Å². The van der Waals surface area contributed by atoms with Gasteiger partial charge in [-0.1, -0.05) is 39.8 Å². The molecule has 0 fully saturated rings. The van der Waals surface area contributed by atoms with Crippen LogP contribution in [0.15, 0.2) is 18.2 Å². The van der Waals surface area contributed by atoms with Crippen molar-refractivity contribution in [1.82, 2.24) is 5.43 Å². The molecule has 0 spiro atoms. The van der Waals surface area contributed by atoms with E-state index in [4.69, 9.17) is 5.84 Å². The highest BCUT2D eigenvalue weighted by Crippen LogP contribution is 2.31. The monoisotopic (exact) mass is 270 g/mol. The van der Waals surface area contributed by atoms with Gasteiger partial charge in [0.15, 0.2) is 11.6 Å². The molecule has 0 aromatic heterocycles. The van der Waals surface area contributed by atoms with Crippen molar-refractivity contribution in [3.05, 3.63) is 35.4 Å². The lowest BCUT2D eigenvalue weighted by atomic mass is 9.82. The van der Waals surface area contributed by atoms with E-state index in [2.05, 4.69) is 33.1 Å². The predicted molar refractivity (Wildman–Crippen MR) is 74.3 cm³/mol. The number of hydrogen-bond donors (Lipinski definition) is 2. The normalized spacial score (nSPS) is 15.3. The molecule has 0 aliphatic heterocycles. The Bertz CT molecular complexity index is 413. The zero-order valence-corrected chi connectivity index (χ0v) is 12.1. The van der Waals surface area contributed by atoms with Gasteiger partial charge in [-0.3, -0.25) is 11.3 Å². The van der Waals surface area contributed by atoms with Gasteiger partial charge in [0.1, 0.15) is 0 Å². The van der Waals surface area contributed by atoms with Crippen LogP contribution in [0, 0.1) is 23.0 Å². The van der Waals surface area contributed by atoms with E-state index >= 15 is 0 Å². The minimum Gasteiger partial charge on any atom is -0.271 e. The maximum absolute atomic E-state index is 13.8. The number of benzene rings is 1. The third kappa shape index (κ3) is 4.88. The van der Waals surface area contributed by atoms with Crippen LogP contribution >= 0.6 is 0 Å². The molecule has 0 bridgehead atoms. The average molecular weight is 270 g/mol. The van der Waals surface area contributed by atoms with E-state index in [-0.39, 0.29) is 11.5 Å². The summed E-state index contributed by atoms with van der Waals surface area (Å²) in [7, 11) is 0. The van der Waals surface area contributed by atoms with E-state index in [0.717, 1.165) is 12.5 Å². The topological polar surface area (TPSA) is 38.0 Å². The van der Waals surface area contributed by atoms with Gasteiger partial charge in [0.25, 0.3) is 0 Å². The third-order valence-corrected chi connectivity index (χ3v) is 3.16. The van der Waals surface area contributed by atoms with E-state index in [0.29, 0.717) is 17.9 Å². The second-order valence-electron chi connectivity index (χ2n) is 6.47. The van der Waals surface area contributed by atoms with Crippen molar-refractivity contribution < 1.29 is 8.78 Å². The first-order valence-electron chi connectivity index (χ1n) is 6.64. The Morgan fingerprint density at radius 1 is 1.26 bits per heavy atom. The van der Waals surface area contributed by atoms with Gasteiger partial charge in [0, 0.05) is 11.6 Å². The highest BCUT2D eigenvalue weighted by molar-refractivity contribution is 5.22. The summed E-state index contributed by atoms with van der Waals surface area (Å²) in [5.74, 6) is 4.22. The number of halogens is 2. The Morgan fingerprint density at radius 2 is 1.89 bits per heavy atom. The summed E-state index contributed by atoms with van der Waals surface area (Å²) in [6.45, 7) is 8.60. The van der Waals surface area contributed by atoms with E-state index in [1.54, 1.807) is 6.07 Å². The molecule has 1 aromatic carbocycles. The van der Waals surface area contributed by atoms with Gasteiger partial charge in [0.05, 0.1) is 0 Å². The maximum atomic E-state index is 13.8. The van der Waals surface area contributed by atoms with Gasteiger partial charge >= 0.3 is 0 Å². The molecule has 2 unspecified atom stereocenters. The lowest BCUT2D eigenvalue weighted by molar-refractivity contribution is 0.274. The van der Waals surface area contributed by atoms with Gasteiger partial charge in [-0.05, 0) is 30.2 Å². The summed E-state index contributed by atoms with van der Waals surface area (Å²) in [6.07, 6.45) is 1.68. The van der Waals surface area contributed by atoms with E-state index in [1.807, 2.05) is 0 Å². The fourth-order valence-corrected chi connectivity index (χ4v) is 2.61. The molecular weight excluding hydrogens is 246 g/mol. The smallest absolute Gasteiger partial charge is 0.163 e. The van der Waals surface area contributed by atoms with Crippen LogP contribution in [0.3, 0.4) is 0 Å². The van der Waals surface area contributed by atoms with Gasteiger partial charge in [0.2, 0.25) is 0 Å². The number of rotatable bonds is 5.